The lowest BCUT2D eigenvalue weighted by Gasteiger charge is -2.23. The van der Waals surface area contributed by atoms with Gasteiger partial charge in [-0.05, 0) is 86.0 Å². The summed E-state index contributed by atoms with van der Waals surface area (Å²) in [6.07, 6.45) is 0. The summed E-state index contributed by atoms with van der Waals surface area (Å²) < 4.78 is 2.51. The van der Waals surface area contributed by atoms with Crippen LogP contribution in [-0.4, -0.2) is 4.57 Å². The van der Waals surface area contributed by atoms with Gasteiger partial charge in [0.1, 0.15) is 0 Å². The van der Waals surface area contributed by atoms with Gasteiger partial charge in [0.15, 0.2) is 0 Å². The Hall–Kier alpha value is -5.66. The Morgan fingerprint density at radius 1 is 0.413 bits per heavy atom. The molecule has 1 aromatic heterocycles. The minimum atomic E-state index is -0.113. The van der Waals surface area contributed by atoms with Gasteiger partial charge >= 0.3 is 0 Å². The van der Waals surface area contributed by atoms with Crippen LogP contribution in [0.25, 0.3) is 72.0 Å². The summed E-state index contributed by atoms with van der Waals surface area (Å²) in [5.74, 6) is 0. The Morgan fingerprint density at radius 3 is 1.72 bits per heavy atom. The van der Waals surface area contributed by atoms with Crippen LogP contribution in [0.2, 0.25) is 0 Å². The molecule has 1 heterocycles. The van der Waals surface area contributed by atoms with Gasteiger partial charge in [0.25, 0.3) is 0 Å². The highest BCUT2D eigenvalue weighted by Gasteiger charge is 2.38. The summed E-state index contributed by atoms with van der Waals surface area (Å²) in [4.78, 5) is 0. The topological polar surface area (TPSA) is 4.93 Å². The van der Waals surface area contributed by atoms with Crippen LogP contribution in [0.15, 0.2) is 164 Å². The largest absolute Gasteiger partial charge is 0.309 e. The number of hydrogen-bond acceptors (Lipinski definition) is 0. The zero-order valence-electron chi connectivity index (χ0n) is 26.0. The van der Waals surface area contributed by atoms with Gasteiger partial charge in [-0.25, -0.2) is 0 Å². The van der Waals surface area contributed by atoms with Gasteiger partial charge in [-0.1, -0.05) is 147 Å². The second kappa shape index (κ2) is 10.2. The molecule has 9 rings (SSSR count). The average molecular weight is 588 g/mol. The summed E-state index contributed by atoms with van der Waals surface area (Å²) in [7, 11) is 0. The van der Waals surface area contributed by atoms with Gasteiger partial charge in [-0.2, -0.15) is 0 Å². The zero-order valence-corrected chi connectivity index (χ0v) is 26.0. The number of aromatic nitrogens is 1. The third-order valence-electron chi connectivity index (χ3n) is 9.96. The van der Waals surface area contributed by atoms with Crippen molar-refractivity contribution in [3.8, 4) is 50.2 Å². The minimum absolute atomic E-state index is 0.113. The highest BCUT2D eigenvalue weighted by molar-refractivity contribution is 6.13. The quantitative estimate of drug-likeness (QED) is 0.193. The van der Waals surface area contributed by atoms with Gasteiger partial charge in [0.2, 0.25) is 0 Å². The van der Waals surface area contributed by atoms with Gasteiger partial charge in [0.05, 0.1) is 11.0 Å². The lowest BCUT2D eigenvalue weighted by atomic mass is 9.81. The second-order valence-corrected chi connectivity index (χ2v) is 13.0. The first-order valence-corrected chi connectivity index (χ1v) is 16.1. The monoisotopic (exact) mass is 587 g/mol. The first kappa shape index (κ1) is 26.7. The minimum Gasteiger partial charge on any atom is -0.309 e. The molecule has 1 nitrogen and oxygen atoms in total. The van der Waals surface area contributed by atoms with Gasteiger partial charge < -0.3 is 4.57 Å². The molecule has 8 aromatic rings. The molecule has 0 fully saturated rings. The number of fused-ring (bicyclic) bond motifs is 7. The lowest BCUT2D eigenvalue weighted by molar-refractivity contribution is 0.664. The summed E-state index contributed by atoms with van der Waals surface area (Å²) in [5.41, 5.74) is 16.4. The third kappa shape index (κ3) is 4.02. The fourth-order valence-electron chi connectivity index (χ4n) is 7.79. The van der Waals surface area contributed by atoms with Crippen molar-refractivity contribution in [3.63, 3.8) is 0 Å². The molecule has 218 valence electrons. The maximum Gasteiger partial charge on any atom is 0.0588 e. The lowest BCUT2D eigenvalue weighted by Crippen LogP contribution is -2.16. The molecule has 0 saturated carbocycles. The Morgan fingerprint density at radius 2 is 0.978 bits per heavy atom. The van der Waals surface area contributed by atoms with E-state index in [1.54, 1.807) is 0 Å². The Labute approximate surface area is 270 Å². The predicted octanol–water partition coefficient (Wildman–Crippen LogP) is 12.1. The number of para-hydroxylation sites is 1. The van der Waals surface area contributed by atoms with Crippen molar-refractivity contribution in [3.05, 3.63) is 175 Å². The maximum absolute atomic E-state index is 2.51. The number of nitrogens with zero attached hydrogens (tertiary/aromatic N) is 1. The number of rotatable bonds is 4. The average Bonchev–Trinajstić information content (AvgIpc) is 3.57. The van der Waals surface area contributed by atoms with E-state index in [-0.39, 0.29) is 5.41 Å². The summed E-state index contributed by atoms with van der Waals surface area (Å²) in [6, 6.07) is 59.9. The van der Waals surface area contributed by atoms with Crippen LogP contribution >= 0.6 is 0 Å². The van der Waals surface area contributed by atoms with E-state index in [9.17, 15) is 0 Å². The van der Waals surface area contributed by atoms with E-state index in [0.717, 1.165) is 0 Å². The molecule has 0 radical (unpaired) electrons. The van der Waals surface area contributed by atoms with E-state index in [1.165, 1.54) is 83.1 Å². The SMILES string of the molecule is CC1(C)c2ccccc2-c2ccc3c4ccccc4n(-c4cccc(-c5cccc(-c6cccc(-c7ccccc7)c6)c5)c4)c3c21. The molecule has 1 aliphatic rings. The van der Waals surface area contributed by atoms with Crippen LogP contribution in [0.4, 0.5) is 0 Å². The molecule has 0 bridgehead atoms. The standard InChI is InChI=1S/C45H33N/c1-45(2)41-23-8-6-21-37(41)39-25-26-40-38-22-7-9-24-42(38)46(44(40)43(39)45)36-20-12-19-35(29-36)34-18-11-17-33(28-34)32-16-10-15-31(27-32)30-13-4-3-5-14-30/h3-29H,1-2H3. The molecule has 46 heavy (non-hydrogen) atoms. The summed E-state index contributed by atoms with van der Waals surface area (Å²) in [5, 5.41) is 2.60. The first-order chi connectivity index (χ1) is 22.6. The summed E-state index contributed by atoms with van der Waals surface area (Å²) >= 11 is 0. The van der Waals surface area contributed by atoms with Gasteiger partial charge in [-0.15, -0.1) is 0 Å². The van der Waals surface area contributed by atoms with Crippen LogP contribution in [0.3, 0.4) is 0 Å². The Bertz CT molecular complexity index is 2440. The van der Waals surface area contributed by atoms with Crippen LogP contribution in [0.1, 0.15) is 25.0 Å². The van der Waals surface area contributed by atoms with Crippen molar-refractivity contribution in [2.24, 2.45) is 0 Å². The van der Waals surface area contributed by atoms with Crippen molar-refractivity contribution in [2.45, 2.75) is 19.3 Å². The van der Waals surface area contributed by atoms with Crippen LogP contribution in [0.5, 0.6) is 0 Å². The van der Waals surface area contributed by atoms with Gasteiger partial charge in [0, 0.05) is 21.9 Å². The molecule has 0 spiro atoms. The zero-order chi connectivity index (χ0) is 30.8. The summed E-state index contributed by atoms with van der Waals surface area (Å²) in [6.45, 7) is 4.77. The molecular weight excluding hydrogens is 555 g/mol. The molecule has 0 amide bonds. The second-order valence-electron chi connectivity index (χ2n) is 13.0. The number of benzene rings is 7. The van der Waals surface area contributed by atoms with Crippen molar-refractivity contribution >= 4 is 21.8 Å². The molecule has 0 aliphatic heterocycles. The molecule has 0 atom stereocenters. The molecule has 0 saturated heterocycles. The van der Waals surface area contributed by atoms with Crippen molar-refractivity contribution in [1.29, 1.82) is 0 Å². The van der Waals surface area contributed by atoms with Crippen LogP contribution < -0.4 is 0 Å². The normalized spacial score (nSPS) is 13.2. The van der Waals surface area contributed by atoms with Gasteiger partial charge in [-0.3, -0.25) is 0 Å². The smallest absolute Gasteiger partial charge is 0.0588 e. The molecule has 7 aromatic carbocycles. The fraction of sp³-hybridized carbons (Fsp3) is 0.0667. The van der Waals surface area contributed by atoms with Crippen LogP contribution in [0, 0.1) is 0 Å². The van der Waals surface area contributed by atoms with E-state index < -0.39 is 0 Å². The highest BCUT2D eigenvalue weighted by atomic mass is 15.0. The molecular formula is C45H33N. The maximum atomic E-state index is 2.51. The first-order valence-electron chi connectivity index (χ1n) is 16.1. The molecule has 1 aliphatic carbocycles. The molecule has 1 heteroatoms. The molecule has 0 unspecified atom stereocenters. The highest BCUT2D eigenvalue weighted by Crippen LogP contribution is 2.53. The Balaban J connectivity index is 1.21. The van der Waals surface area contributed by atoms with Crippen molar-refractivity contribution in [2.75, 3.05) is 0 Å². The fourth-order valence-corrected chi connectivity index (χ4v) is 7.79. The van der Waals surface area contributed by atoms with Crippen molar-refractivity contribution < 1.29 is 0 Å². The number of hydrogen-bond donors (Lipinski definition) is 0. The molecule has 0 N–H and O–H groups in total. The van der Waals surface area contributed by atoms with E-state index in [1.807, 2.05) is 0 Å². The van der Waals surface area contributed by atoms with Crippen molar-refractivity contribution in [1.82, 2.24) is 4.57 Å². The van der Waals surface area contributed by atoms with E-state index in [2.05, 4.69) is 182 Å². The predicted molar refractivity (Wildman–Crippen MR) is 195 cm³/mol. The van der Waals surface area contributed by atoms with E-state index >= 15 is 0 Å². The van der Waals surface area contributed by atoms with E-state index in [4.69, 9.17) is 0 Å². The third-order valence-corrected chi connectivity index (χ3v) is 9.96. The van der Waals surface area contributed by atoms with E-state index in [0.29, 0.717) is 0 Å². The Kier molecular flexibility index (Phi) is 5.92. The van der Waals surface area contributed by atoms with Crippen LogP contribution in [-0.2, 0) is 5.41 Å².